The Morgan fingerprint density at radius 2 is 1.53 bits per heavy atom. The molecule has 5 rings (SSSR count). The molecule has 0 unspecified atom stereocenters. The van der Waals surface area contributed by atoms with Crippen LogP contribution in [0.15, 0.2) is 91.1 Å². The third kappa shape index (κ3) is 5.34. The standard InChI is InChI=1S/C29H27ClN4O2/c30-24-13-11-23(12-14-24)28(35)32-27-26(20-31-34(27)25-9-5-2-6-10-25)29(36)33-17-15-22(16-18-33)19-21-7-3-1-4-8-21/h1-14,20,22H,15-19H2,(H,32,35). The minimum absolute atomic E-state index is 0.123. The number of hydrogen-bond donors (Lipinski definition) is 1. The molecule has 1 N–H and O–H groups in total. The van der Waals surface area contributed by atoms with E-state index in [1.54, 1.807) is 35.1 Å². The molecule has 0 saturated carbocycles. The number of aromatic nitrogens is 2. The molecule has 36 heavy (non-hydrogen) atoms. The first-order valence-corrected chi connectivity index (χ1v) is 12.5. The van der Waals surface area contributed by atoms with Crippen LogP contribution >= 0.6 is 11.6 Å². The molecule has 3 aromatic carbocycles. The van der Waals surface area contributed by atoms with E-state index in [1.807, 2.05) is 41.3 Å². The Labute approximate surface area is 215 Å². The van der Waals surface area contributed by atoms with Crippen molar-refractivity contribution < 1.29 is 9.59 Å². The molecular formula is C29H27ClN4O2. The van der Waals surface area contributed by atoms with Gasteiger partial charge < -0.3 is 10.2 Å². The van der Waals surface area contributed by atoms with Crippen LogP contribution in [0.1, 0.15) is 39.1 Å². The van der Waals surface area contributed by atoms with Crippen molar-refractivity contribution in [2.75, 3.05) is 18.4 Å². The lowest BCUT2D eigenvalue weighted by atomic mass is 9.90. The smallest absolute Gasteiger partial charge is 0.259 e. The summed E-state index contributed by atoms with van der Waals surface area (Å²) in [4.78, 5) is 28.5. The van der Waals surface area contributed by atoms with Gasteiger partial charge in [0.25, 0.3) is 11.8 Å². The lowest BCUT2D eigenvalue weighted by Gasteiger charge is -2.32. The maximum atomic E-state index is 13.6. The van der Waals surface area contributed by atoms with Crippen LogP contribution in [0.3, 0.4) is 0 Å². The van der Waals surface area contributed by atoms with Crippen molar-refractivity contribution in [3.63, 3.8) is 0 Å². The number of carbonyl (C=O) groups is 2. The summed E-state index contributed by atoms with van der Waals surface area (Å²) in [6.07, 6.45) is 4.46. The number of amides is 2. The molecule has 1 aliphatic rings. The zero-order valence-corrected chi connectivity index (χ0v) is 20.6. The topological polar surface area (TPSA) is 67.2 Å². The van der Waals surface area contributed by atoms with Gasteiger partial charge in [0.2, 0.25) is 0 Å². The van der Waals surface area contributed by atoms with E-state index in [4.69, 9.17) is 11.6 Å². The number of piperidine rings is 1. The zero-order valence-electron chi connectivity index (χ0n) is 19.8. The summed E-state index contributed by atoms with van der Waals surface area (Å²) >= 11 is 5.98. The number of para-hydroxylation sites is 1. The average molecular weight is 499 g/mol. The van der Waals surface area contributed by atoms with E-state index in [-0.39, 0.29) is 11.8 Å². The van der Waals surface area contributed by atoms with Crippen molar-refractivity contribution in [3.05, 3.63) is 113 Å². The number of anilines is 1. The Hall–Kier alpha value is -3.90. The number of hydrogen-bond acceptors (Lipinski definition) is 3. The number of nitrogens with zero attached hydrogens (tertiary/aromatic N) is 3. The first-order chi connectivity index (χ1) is 17.6. The molecule has 1 aromatic heterocycles. The molecule has 0 bridgehead atoms. The lowest BCUT2D eigenvalue weighted by molar-refractivity contribution is 0.0691. The molecule has 1 aliphatic heterocycles. The fourth-order valence-electron chi connectivity index (χ4n) is 4.63. The van der Waals surface area contributed by atoms with Gasteiger partial charge in [-0.2, -0.15) is 5.10 Å². The normalized spacial score (nSPS) is 14.0. The first-order valence-electron chi connectivity index (χ1n) is 12.1. The summed E-state index contributed by atoms with van der Waals surface area (Å²) in [5.74, 6) is 0.451. The van der Waals surface area contributed by atoms with E-state index in [0.29, 0.717) is 41.0 Å². The van der Waals surface area contributed by atoms with Crippen molar-refractivity contribution >= 4 is 29.2 Å². The zero-order chi connectivity index (χ0) is 24.9. The Morgan fingerprint density at radius 3 is 2.19 bits per heavy atom. The maximum Gasteiger partial charge on any atom is 0.259 e. The van der Waals surface area contributed by atoms with Crippen LogP contribution in [-0.4, -0.2) is 39.6 Å². The monoisotopic (exact) mass is 498 g/mol. The second-order valence-electron chi connectivity index (χ2n) is 9.04. The molecule has 1 fully saturated rings. The molecule has 182 valence electrons. The molecule has 7 heteroatoms. The van der Waals surface area contributed by atoms with Gasteiger partial charge in [0.15, 0.2) is 0 Å². The second-order valence-corrected chi connectivity index (χ2v) is 9.48. The summed E-state index contributed by atoms with van der Waals surface area (Å²) in [6, 6.07) is 26.6. The van der Waals surface area contributed by atoms with Crippen molar-refractivity contribution in [2.24, 2.45) is 5.92 Å². The molecular weight excluding hydrogens is 472 g/mol. The minimum atomic E-state index is -0.333. The highest BCUT2D eigenvalue weighted by atomic mass is 35.5. The number of carbonyl (C=O) groups excluding carboxylic acids is 2. The van der Waals surface area contributed by atoms with E-state index in [9.17, 15) is 9.59 Å². The number of benzene rings is 3. The van der Waals surface area contributed by atoms with Gasteiger partial charge in [-0.3, -0.25) is 9.59 Å². The third-order valence-corrected chi connectivity index (χ3v) is 6.86. The van der Waals surface area contributed by atoms with Crippen molar-refractivity contribution in [1.29, 1.82) is 0 Å². The van der Waals surface area contributed by atoms with Crippen LogP contribution in [0, 0.1) is 5.92 Å². The molecule has 1 saturated heterocycles. The maximum absolute atomic E-state index is 13.6. The summed E-state index contributed by atoms with van der Waals surface area (Å²) in [5.41, 5.74) is 2.91. The van der Waals surface area contributed by atoms with Gasteiger partial charge in [0, 0.05) is 23.7 Å². The minimum Gasteiger partial charge on any atom is -0.338 e. The predicted octanol–water partition coefficient (Wildman–Crippen LogP) is 5.87. The number of rotatable bonds is 6. The van der Waals surface area contributed by atoms with E-state index in [1.165, 1.54) is 5.56 Å². The Bertz CT molecular complexity index is 1330. The highest BCUT2D eigenvalue weighted by Gasteiger charge is 2.28. The van der Waals surface area contributed by atoms with Crippen molar-refractivity contribution in [2.45, 2.75) is 19.3 Å². The van der Waals surface area contributed by atoms with Crippen LogP contribution in [0.4, 0.5) is 5.82 Å². The van der Waals surface area contributed by atoms with Crippen molar-refractivity contribution in [3.8, 4) is 5.69 Å². The van der Waals surface area contributed by atoms with Crippen LogP contribution in [-0.2, 0) is 6.42 Å². The van der Waals surface area contributed by atoms with Gasteiger partial charge in [-0.05, 0) is 67.1 Å². The van der Waals surface area contributed by atoms with Gasteiger partial charge >= 0.3 is 0 Å². The molecule has 0 radical (unpaired) electrons. The van der Waals surface area contributed by atoms with Gasteiger partial charge in [-0.15, -0.1) is 0 Å². The Balaban J connectivity index is 1.36. The molecule has 6 nitrogen and oxygen atoms in total. The van der Waals surface area contributed by atoms with Crippen LogP contribution < -0.4 is 5.32 Å². The quantitative estimate of drug-likeness (QED) is 0.361. The Morgan fingerprint density at radius 1 is 0.889 bits per heavy atom. The molecule has 2 amide bonds. The van der Waals surface area contributed by atoms with E-state index in [2.05, 4.69) is 34.7 Å². The van der Waals surface area contributed by atoms with Crippen LogP contribution in [0.2, 0.25) is 5.02 Å². The largest absolute Gasteiger partial charge is 0.338 e. The van der Waals surface area contributed by atoms with Gasteiger partial charge in [0.05, 0.1) is 11.9 Å². The SMILES string of the molecule is O=C(Nc1c(C(=O)N2CCC(Cc3ccccc3)CC2)cnn1-c1ccccc1)c1ccc(Cl)cc1. The summed E-state index contributed by atoms with van der Waals surface area (Å²) in [6.45, 7) is 1.36. The second kappa shape index (κ2) is 10.8. The Kier molecular flexibility index (Phi) is 7.14. The average Bonchev–Trinajstić information content (AvgIpc) is 3.33. The molecule has 0 spiro atoms. The molecule has 0 atom stereocenters. The van der Waals surface area contributed by atoms with Crippen LogP contribution in [0.25, 0.3) is 5.69 Å². The fraction of sp³-hybridized carbons (Fsp3) is 0.207. The van der Waals surface area contributed by atoms with E-state index >= 15 is 0 Å². The molecule has 2 heterocycles. The van der Waals surface area contributed by atoms with E-state index < -0.39 is 0 Å². The van der Waals surface area contributed by atoms with Gasteiger partial charge in [-0.25, -0.2) is 4.68 Å². The lowest BCUT2D eigenvalue weighted by Crippen LogP contribution is -2.39. The fourth-order valence-corrected chi connectivity index (χ4v) is 4.76. The third-order valence-electron chi connectivity index (χ3n) is 6.61. The highest BCUT2D eigenvalue weighted by molar-refractivity contribution is 6.30. The summed E-state index contributed by atoms with van der Waals surface area (Å²) in [7, 11) is 0. The first kappa shape index (κ1) is 23.8. The highest BCUT2D eigenvalue weighted by Crippen LogP contribution is 2.27. The number of nitrogens with one attached hydrogen (secondary N) is 1. The number of likely N-dealkylation sites (tertiary alicyclic amines) is 1. The van der Waals surface area contributed by atoms with Gasteiger partial charge in [-0.1, -0.05) is 60.1 Å². The predicted molar refractivity (Wildman–Crippen MR) is 142 cm³/mol. The number of halogens is 1. The molecule has 4 aromatic rings. The summed E-state index contributed by atoms with van der Waals surface area (Å²) < 4.78 is 1.60. The van der Waals surface area contributed by atoms with Gasteiger partial charge in [0.1, 0.15) is 11.4 Å². The molecule has 0 aliphatic carbocycles. The summed E-state index contributed by atoms with van der Waals surface area (Å²) in [5, 5.41) is 7.94. The van der Waals surface area contributed by atoms with E-state index in [0.717, 1.165) is 24.9 Å². The van der Waals surface area contributed by atoms with Crippen LogP contribution in [0.5, 0.6) is 0 Å². The van der Waals surface area contributed by atoms with Crippen molar-refractivity contribution in [1.82, 2.24) is 14.7 Å².